The van der Waals surface area contributed by atoms with E-state index in [0.717, 1.165) is 29.7 Å². The number of methoxy groups -OCH3 is 1. The van der Waals surface area contributed by atoms with Crippen molar-refractivity contribution in [1.29, 1.82) is 0 Å². The number of thiophene rings is 1. The maximum absolute atomic E-state index is 13.0. The molecule has 0 bridgehead atoms. The van der Waals surface area contributed by atoms with Crippen LogP contribution in [-0.2, 0) is 27.2 Å². The minimum absolute atomic E-state index is 0.274. The Hall–Kier alpha value is -2.74. The van der Waals surface area contributed by atoms with Crippen molar-refractivity contribution < 1.29 is 23.6 Å². The van der Waals surface area contributed by atoms with Crippen LogP contribution < -0.4 is 5.32 Å². The number of carbonyl (C=O) groups is 2. The fourth-order valence-electron chi connectivity index (χ4n) is 3.33. The monoisotopic (exact) mass is 388 g/mol. The highest BCUT2D eigenvalue weighted by Crippen LogP contribution is 2.39. The summed E-state index contributed by atoms with van der Waals surface area (Å²) in [6.07, 6.45) is 2.19. The number of aryl methyl sites for hydroxylation is 1. The zero-order chi connectivity index (χ0) is 19.0. The summed E-state index contributed by atoms with van der Waals surface area (Å²) in [6.45, 7) is 0. The molecule has 140 valence electrons. The van der Waals surface area contributed by atoms with Gasteiger partial charge in [0.1, 0.15) is 10.8 Å². The normalized spacial score (nSPS) is 17.9. The molecule has 1 aliphatic carbocycles. The van der Waals surface area contributed by atoms with Crippen molar-refractivity contribution in [3.63, 3.8) is 0 Å². The molecule has 1 atom stereocenters. The Kier molecular flexibility index (Phi) is 4.65. The van der Waals surface area contributed by atoms with Gasteiger partial charge in [0.15, 0.2) is 0 Å². The first-order valence-corrected chi connectivity index (χ1v) is 9.41. The van der Waals surface area contributed by atoms with E-state index in [1.54, 1.807) is 12.1 Å². The molecule has 2 aromatic rings. The predicted molar refractivity (Wildman–Crippen MR) is 98.7 cm³/mol. The maximum atomic E-state index is 13.0. The Morgan fingerprint density at radius 3 is 2.81 bits per heavy atom. The van der Waals surface area contributed by atoms with E-state index in [-0.39, 0.29) is 18.1 Å². The number of hydrogen-bond donors (Lipinski definition) is 1. The van der Waals surface area contributed by atoms with Crippen LogP contribution in [0.2, 0.25) is 0 Å². The van der Waals surface area contributed by atoms with Crippen molar-refractivity contribution in [2.24, 2.45) is 5.16 Å². The smallest absolute Gasteiger partial charge is 0.341 e. The average molecular weight is 388 g/mol. The summed E-state index contributed by atoms with van der Waals surface area (Å²) >= 11 is 1.41. The van der Waals surface area contributed by atoms with Crippen LogP contribution in [0.3, 0.4) is 0 Å². The molecule has 2 heterocycles. The van der Waals surface area contributed by atoms with Crippen molar-refractivity contribution >= 4 is 33.9 Å². The summed E-state index contributed by atoms with van der Waals surface area (Å²) in [5, 5.41) is 7.24. The van der Waals surface area contributed by atoms with E-state index in [0.29, 0.717) is 21.8 Å². The Bertz CT molecular complexity index is 936. The number of rotatable bonds is 4. The van der Waals surface area contributed by atoms with Gasteiger partial charge in [0.2, 0.25) is 6.10 Å². The highest BCUT2D eigenvalue weighted by Gasteiger charge is 2.32. The number of benzene rings is 1. The second kappa shape index (κ2) is 7.11. The molecule has 0 saturated heterocycles. The molecule has 1 N–H and O–H groups in total. The molecule has 6 nitrogen and oxygen atoms in total. The Balaban J connectivity index is 1.48. The van der Waals surface area contributed by atoms with Gasteiger partial charge in [-0.05, 0) is 42.5 Å². The minimum atomic E-state index is -0.799. The predicted octanol–water partition coefficient (Wildman–Crippen LogP) is 3.29. The number of oxime groups is 1. The van der Waals surface area contributed by atoms with Gasteiger partial charge in [0, 0.05) is 11.3 Å². The lowest BCUT2D eigenvalue weighted by Crippen LogP contribution is -2.28. The van der Waals surface area contributed by atoms with Crippen LogP contribution in [0.1, 0.15) is 39.2 Å². The van der Waals surface area contributed by atoms with Crippen molar-refractivity contribution in [2.75, 3.05) is 12.4 Å². The second-order valence-electron chi connectivity index (χ2n) is 6.39. The van der Waals surface area contributed by atoms with Crippen LogP contribution in [0.15, 0.2) is 29.4 Å². The van der Waals surface area contributed by atoms with Crippen LogP contribution >= 0.6 is 11.3 Å². The van der Waals surface area contributed by atoms with Gasteiger partial charge >= 0.3 is 5.97 Å². The summed E-state index contributed by atoms with van der Waals surface area (Å²) in [5.41, 5.74) is 2.70. The first-order valence-electron chi connectivity index (χ1n) is 8.59. The minimum Gasteiger partial charge on any atom is -0.465 e. The van der Waals surface area contributed by atoms with Crippen LogP contribution in [0.25, 0.3) is 0 Å². The Morgan fingerprint density at radius 2 is 2.07 bits per heavy atom. The molecule has 1 aromatic carbocycles. The highest BCUT2D eigenvalue weighted by molar-refractivity contribution is 7.17. The SMILES string of the molecule is COC(=O)c1c(NC(=O)C2CC(c3ccc(F)cc3)=NO2)sc2c1CCC2. The molecule has 4 rings (SSSR count). The van der Waals surface area contributed by atoms with Gasteiger partial charge in [0.25, 0.3) is 5.91 Å². The Labute approximate surface area is 159 Å². The van der Waals surface area contributed by atoms with Gasteiger partial charge in [-0.2, -0.15) is 0 Å². The van der Waals surface area contributed by atoms with Gasteiger partial charge in [-0.25, -0.2) is 9.18 Å². The molecule has 8 heteroatoms. The molecule has 27 heavy (non-hydrogen) atoms. The fourth-order valence-corrected chi connectivity index (χ4v) is 4.61. The van der Waals surface area contributed by atoms with E-state index in [1.807, 2.05) is 0 Å². The molecule has 1 unspecified atom stereocenters. The number of nitrogens with zero attached hydrogens (tertiary/aromatic N) is 1. The third-order valence-corrected chi connectivity index (χ3v) is 5.89. The number of anilines is 1. The lowest BCUT2D eigenvalue weighted by Gasteiger charge is -2.10. The summed E-state index contributed by atoms with van der Waals surface area (Å²) < 4.78 is 17.9. The molecular formula is C19H17FN2O4S. The largest absolute Gasteiger partial charge is 0.465 e. The number of amides is 1. The lowest BCUT2D eigenvalue weighted by atomic mass is 10.0. The number of halogens is 1. The van der Waals surface area contributed by atoms with E-state index >= 15 is 0 Å². The summed E-state index contributed by atoms with van der Waals surface area (Å²) in [6, 6.07) is 5.86. The van der Waals surface area contributed by atoms with Crippen LogP contribution in [0.4, 0.5) is 9.39 Å². The first-order chi connectivity index (χ1) is 13.1. The molecule has 1 aliphatic heterocycles. The molecule has 0 spiro atoms. The van der Waals surface area contributed by atoms with Gasteiger partial charge < -0.3 is 14.9 Å². The van der Waals surface area contributed by atoms with E-state index in [2.05, 4.69) is 10.5 Å². The van der Waals surface area contributed by atoms with Crippen LogP contribution in [0, 0.1) is 5.82 Å². The van der Waals surface area contributed by atoms with Gasteiger partial charge in [-0.1, -0.05) is 17.3 Å². The fraction of sp³-hybridized carbons (Fsp3) is 0.316. The van der Waals surface area contributed by atoms with Gasteiger partial charge in [-0.3, -0.25) is 4.79 Å². The average Bonchev–Trinajstić information content (AvgIpc) is 3.37. The number of carbonyl (C=O) groups excluding carboxylic acids is 2. The van der Waals surface area contributed by atoms with E-state index < -0.39 is 12.1 Å². The molecule has 0 radical (unpaired) electrons. The van der Waals surface area contributed by atoms with Gasteiger partial charge in [-0.15, -0.1) is 11.3 Å². The number of ether oxygens (including phenoxy) is 1. The molecule has 0 saturated carbocycles. The summed E-state index contributed by atoms with van der Waals surface area (Å²) in [7, 11) is 1.33. The van der Waals surface area contributed by atoms with Crippen LogP contribution in [0.5, 0.6) is 0 Å². The topological polar surface area (TPSA) is 77.0 Å². The number of hydrogen-bond acceptors (Lipinski definition) is 6. The van der Waals surface area contributed by atoms with Gasteiger partial charge in [0.05, 0.1) is 18.4 Å². The molecule has 0 fully saturated rings. The zero-order valence-corrected chi connectivity index (χ0v) is 15.4. The van der Waals surface area contributed by atoms with Crippen molar-refractivity contribution in [3.05, 3.63) is 51.7 Å². The Morgan fingerprint density at radius 1 is 1.30 bits per heavy atom. The zero-order valence-electron chi connectivity index (χ0n) is 14.6. The molecule has 1 amide bonds. The lowest BCUT2D eigenvalue weighted by molar-refractivity contribution is -0.125. The quantitative estimate of drug-likeness (QED) is 0.816. The van der Waals surface area contributed by atoms with Crippen molar-refractivity contribution in [3.8, 4) is 0 Å². The first kappa shape index (κ1) is 17.7. The third kappa shape index (κ3) is 3.32. The summed E-state index contributed by atoms with van der Waals surface area (Å²) in [5.74, 6) is -1.16. The van der Waals surface area contributed by atoms with E-state index in [1.165, 1.54) is 30.6 Å². The number of fused-ring (bicyclic) bond motifs is 1. The van der Waals surface area contributed by atoms with E-state index in [9.17, 15) is 14.0 Å². The van der Waals surface area contributed by atoms with Crippen molar-refractivity contribution in [1.82, 2.24) is 0 Å². The second-order valence-corrected chi connectivity index (χ2v) is 7.49. The molecule has 1 aromatic heterocycles. The maximum Gasteiger partial charge on any atom is 0.341 e. The van der Waals surface area contributed by atoms with E-state index in [4.69, 9.17) is 9.57 Å². The molecule has 2 aliphatic rings. The van der Waals surface area contributed by atoms with Crippen molar-refractivity contribution in [2.45, 2.75) is 31.8 Å². The standard InChI is InChI=1S/C19H17FN2O4S/c1-25-19(24)16-12-3-2-4-15(12)27-18(16)21-17(23)14-9-13(22-26-14)10-5-7-11(20)8-6-10/h5-8,14H,2-4,9H2,1H3,(H,21,23). The number of nitrogens with one attached hydrogen (secondary N) is 1. The third-order valence-electron chi connectivity index (χ3n) is 4.69. The highest BCUT2D eigenvalue weighted by atomic mass is 32.1. The van der Waals surface area contributed by atoms with Crippen LogP contribution in [-0.4, -0.2) is 30.8 Å². The number of esters is 1. The summed E-state index contributed by atoms with van der Waals surface area (Å²) in [4.78, 5) is 31.2. The molecular weight excluding hydrogens is 371 g/mol.